The van der Waals surface area contributed by atoms with Crippen LogP contribution in [0.1, 0.15) is 40.1 Å². The first-order chi connectivity index (χ1) is 17.9. The lowest BCUT2D eigenvalue weighted by molar-refractivity contribution is 0.0602. The van der Waals surface area contributed by atoms with Crippen LogP contribution in [0.25, 0.3) is 6.08 Å². The number of rotatable bonds is 15. The molecule has 2 N–H and O–H groups in total. The number of carbonyl (C=O) groups is 2. The summed E-state index contributed by atoms with van der Waals surface area (Å²) < 4.78 is 20.9. The number of halogens is 1. The Morgan fingerprint density at radius 2 is 1.30 bits per heavy atom. The van der Waals surface area contributed by atoms with Crippen molar-refractivity contribution in [1.29, 1.82) is 0 Å². The quantitative estimate of drug-likeness (QED) is 0.128. The van der Waals surface area contributed by atoms with Crippen molar-refractivity contribution in [3.8, 4) is 0 Å². The van der Waals surface area contributed by atoms with E-state index in [9.17, 15) is 9.59 Å². The highest BCUT2D eigenvalue weighted by Gasteiger charge is 2.03. The maximum atomic E-state index is 11.4. The van der Waals surface area contributed by atoms with Gasteiger partial charge in [-0.3, -0.25) is 9.59 Å². The van der Waals surface area contributed by atoms with E-state index in [2.05, 4.69) is 29.2 Å². The number of hydrogen-bond donors (Lipinski definition) is 2. The molecule has 0 aliphatic heterocycles. The summed E-state index contributed by atoms with van der Waals surface area (Å²) in [6.45, 7) is 9.10. The smallest absolute Gasteiger partial charge is 0.160 e. The standard InChI is InChI=1S/C14H18O4.C8H7IO.C6H12O3/c1-12(16)14-5-3-2-4-13(14)6-8-17-10-11-18-9-7-15;1-6(10)7-4-2-3-5-8(7)9;1-2-8-5-6-9-4-3-7/h2-6,8,15H,7,9-11H2,1H3;2-5H,1H3;2,7H,1,3-6H2/b8-6+;;. The zero-order chi connectivity index (χ0) is 27.7. The normalized spacial score (nSPS) is 9.97. The molecule has 2 rings (SSSR count). The predicted octanol–water partition coefficient (Wildman–Crippen LogP) is 4.53. The van der Waals surface area contributed by atoms with Crippen molar-refractivity contribution >= 4 is 40.2 Å². The fourth-order valence-corrected chi connectivity index (χ4v) is 3.30. The van der Waals surface area contributed by atoms with Crippen LogP contribution in [0.2, 0.25) is 0 Å². The van der Waals surface area contributed by atoms with Gasteiger partial charge in [-0.2, -0.15) is 0 Å². The van der Waals surface area contributed by atoms with Crippen molar-refractivity contribution in [1.82, 2.24) is 0 Å². The van der Waals surface area contributed by atoms with E-state index >= 15 is 0 Å². The van der Waals surface area contributed by atoms with Crippen LogP contribution in [-0.2, 0) is 18.9 Å². The van der Waals surface area contributed by atoms with Gasteiger partial charge in [0.1, 0.15) is 13.2 Å². The molecular weight excluding hydrogens is 591 g/mol. The van der Waals surface area contributed by atoms with Crippen LogP contribution < -0.4 is 0 Å². The Hall–Kier alpha value is -2.57. The fourth-order valence-electron chi connectivity index (χ4n) is 2.53. The van der Waals surface area contributed by atoms with Gasteiger partial charge in [-0.25, -0.2) is 0 Å². The SMILES string of the molecule is C=COCCOCCO.CC(=O)c1ccccc1/C=C/OCCOCCO.CC(=O)c1ccccc1I. The van der Waals surface area contributed by atoms with Crippen LogP contribution >= 0.6 is 22.6 Å². The fraction of sp³-hybridized carbons (Fsp3) is 0.357. The Balaban J connectivity index is 0.000000577. The average molecular weight is 629 g/mol. The molecule has 2 aromatic carbocycles. The third-order valence-corrected chi connectivity index (χ3v) is 5.16. The van der Waals surface area contributed by atoms with E-state index < -0.39 is 0 Å². The molecule has 0 aliphatic carbocycles. The molecule has 0 aromatic heterocycles. The van der Waals surface area contributed by atoms with Crippen LogP contribution in [0.15, 0.2) is 67.6 Å². The maximum Gasteiger partial charge on any atom is 0.160 e. The molecule has 204 valence electrons. The van der Waals surface area contributed by atoms with Gasteiger partial charge in [0.15, 0.2) is 11.6 Å². The Kier molecular flexibility index (Phi) is 22.2. The summed E-state index contributed by atoms with van der Waals surface area (Å²) in [4.78, 5) is 22.2. The first kappa shape index (κ1) is 34.4. The minimum atomic E-state index is 0.0157. The van der Waals surface area contributed by atoms with Gasteiger partial charge in [-0.1, -0.05) is 49.0 Å². The van der Waals surface area contributed by atoms with Gasteiger partial charge in [0.25, 0.3) is 0 Å². The molecule has 0 unspecified atom stereocenters. The molecule has 0 fully saturated rings. The van der Waals surface area contributed by atoms with Crippen molar-refractivity contribution in [2.45, 2.75) is 13.8 Å². The van der Waals surface area contributed by atoms with Gasteiger partial charge in [-0.15, -0.1) is 0 Å². The lowest BCUT2D eigenvalue weighted by Crippen LogP contribution is -2.05. The Morgan fingerprint density at radius 3 is 1.78 bits per heavy atom. The van der Waals surface area contributed by atoms with Crippen LogP contribution in [0.3, 0.4) is 0 Å². The van der Waals surface area contributed by atoms with Gasteiger partial charge in [0.2, 0.25) is 0 Å². The Bertz CT molecular complexity index is 930. The molecule has 9 heteroatoms. The van der Waals surface area contributed by atoms with Crippen molar-refractivity contribution in [2.24, 2.45) is 0 Å². The molecule has 0 radical (unpaired) electrons. The summed E-state index contributed by atoms with van der Waals surface area (Å²) in [5.74, 6) is 0.159. The molecular formula is C28H37IO8. The monoisotopic (exact) mass is 628 g/mol. The molecule has 0 atom stereocenters. The Labute approximate surface area is 233 Å². The van der Waals surface area contributed by atoms with Crippen LogP contribution in [0.4, 0.5) is 0 Å². The third kappa shape index (κ3) is 18.3. The van der Waals surface area contributed by atoms with Crippen LogP contribution in [0.5, 0.6) is 0 Å². The highest BCUT2D eigenvalue weighted by molar-refractivity contribution is 14.1. The highest BCUT2D eigenvalue weighted by atomic mass is 127. The van der Waals surface area contributed by atoms with E-state index in [1.54, 1.807) is 25.3 Å². The molecule has 0 saturated heterocycles. The van der Waals surface area contributed by atoms with Gasteiger partial charge < -0.3 is 29.2 Å². The first-order valence-electron chi connectivity index (χ1n) is 11.6. The van der Waals surface area contributed by atoms with E-state index in [0.717, 1.165) is 14.7 Å². The number of aliphatic hydroxyl groups is 2. The number of carbonyl (C=O) groups excluding carboxylic acids is 2. The van der Waals surface area contributed by atoms with Gasteiger partial charge in [0, 0.05) is 14.7 Å². The molecule has 0 saturated carbocycles. The Morgan fingerprint density at radius 1 is 0.784 bits per heavy atom. The molecule has 0 amide bonds. The summed E-state index contributed by atoms with van der Waals surface area (Å²) in [7, 11) is 0. The van der Waals surface area contributed by atoms with Gasteiger partial charge >= 0.3 is 0 Å². The van der Waals surface area contributed by atoms with E-state index in [4.69, 9.17) is 29.2 Å². The minimum Gasteiger partial charge on any atom is -0.499 e. The minimum absolute atomic E-state index is 0.0157. The molecule has 0 aliphatic rings. The van der Waals surface area contributed by atoms with Crippen molar-refractivity contribution < 1.29 is 38.7 Å². The van der Waals surface area contributed by atoms with E-state index in [1.807, 2.05) is 42.5 Å². The molecule has 8 nitrogen and oxygen atoms in total. The van der Waals surface area contributed by atoms with Gasteiger partial charge in [0.05, 0.1) is 52.2 Å². The zero-order valence-electron chi connectivity index (χ0n) is 21.4. The first-order valence-corrected chi connectivity index (χ1v) is 12.7. The third-order valence-electron chi connectivity index (χ3n) is 4.22. The number of Topliss-reactive ketones (excluding diaryl/α,β-unsaturated/α-hetero) is 2. The lowest BCUT2D eigenvalue weighted by Gasteiger charge is -2.03. The van der Waals surface area contributed by atoms with Gasteiger partial charge in [-0.05, 0) is 54.1 Å². The number of aliphatic hydroxyl groups excluding tert-OH is 2. The zero-order valence-corrected chi connectivity index (χ0v) is 23.6. The highest BCUT2D eigenvalue weighted by Crippen LogP contribution is 2.12. The molecule has 0 bridgehead atoms. The number of ketones is 2. The largest absolute Gasteiger partial charge is 0.499 e. The summed E-state index contributed by atoms with van der Waals surface area (Å²) in [5.41, 5.74) is 2.32. The van der Waals surface area contributed by atoms with Crippen LogP contribution in [0, 0.1) is 3.57 Å². The molecule has 37 heavy (non-hydrogen) atoms. The maximum absolute atomic E-state index is 11.4. The summed E-state index contributed by atoms with van der Waals surface area (Å²) in [6, 6.07) is 14.9. The average Bonchev–Trinajstić information content (AvgIpc) is 2.89. The summed E-state index contributed by atoms with van der Waals surface area (Å²) in [6.07, 6.45) is 4.66. The predicted molar refractivity (Wildman–Crippen MR) is 153 cm³/mol. The second-order valence-electron chi connectivity index (χ2n) is 7.06. The van der Waals surface area contributed by atoms with Crippen molar-refractivity contribution in [3.05, 3.63) is 87.9 Å². The second kappa shape index (κ2) is 23.8. The summed E-state index contributed by atoms with van der Waals surface area (Å²) in [5, 5.41) is 16.7. The lowest BCUT2D eigenvalue weighted by atomic mass is 10.0. The van der Waals surface area contributed by atoms with E-state index in [1.165, 1.54) is 13.2 Å². The molecule has 0 spiro atoms. The topological polar surface area (TPSA) is 112 Å². The number of benzene rings is 2. The van der Waals surface area contributed by atoms with Crippen LogP contribution in [-0.4, -0.2) is 74.6 Å². The van der Waals surface area contributed by atoms with E-state index in [0.29, 0.717) is 45.2 Å². The molecule has 0 heterocycles. The number of hydrogen-bond acceptors (Lipinski definition) is 8. The summed E-state index contributed by atoms with van der Waals surface area (Å²) >= 11 is 2.15. The molecule has 2 aromatic rings. The van der Waals surface area contributed by atoms with Crippen molar-refractivity contribution in [2.75, 3.05) is 52.9 Å². The van der Waals surface area contributed by atoms with Crippen molar-refractivity contribution in [3.63, 3.8) is 0 Å². The van der Waals surface area contributed by atoms with E-state index in [-0.39, 0.29) is 24.8 Å². The second-order valence-corrected chi connectivity index (χ2v) is 8.22. The number of ether oxygens (including phenoxy) is 4.